The molecule has 0 unspecified atom stereocenters. The van der Waals surface area contributed by atoms with Gasteiger partial charge in [0.15, 0.2) is 0 Å². The number of carboxylic acids is 1. The molecule has 17 heavy (non-hydrogen) atoms. The second-order valence-electron chi connectivity index (χ2n) is 4.08. The number of nitrogens with zero attached hydrogens (tertiary/aromatic N) is 1. The lowest BCUT2D eigenvalue weighted by Crippen LogP contribution is -2.47. The summed E-state index contributed by atoms with van der Waals surface area (Å²) in [4.78, 5) is 13.2. The number of piperazine rings is 1. The molecule has 1 aromatic rings. The zero-order valence-corrected chi connectivity index (χ0v) is 9.40. The van der Waals surface area contributed by atoms with Crippen LogP contribution in [0.15, 0.2) is 24.3 Å². The summed E-state index contributed by atoms with van der Waals surface area (Å²) in [7, 11) is 0. The fourth-order valence-corrected chi connectivity index (χ4v) is 2.09. The predicted octanol–water partition coefficient (Wildman–Crippen LogP) is 0.857. The second kappa shape index (κ2) is 5.25. The van der Waals surface area contributed by atoms with E-state index in [0.717, 1.165) is 13.1 Å². The van der Waals surface area contributed by atoms with E-state index in [4.69, 9.17) is 0 Å². The van der Waals surface area contributed by atoms with Gasteiger partial charge < -0.3 is 10.4 Å². The monoisotopic (exact) mass is 238 g/mol. The van der Waals surface area contributed by atoms with Crippen molar-refractivity contribution in [3.8, 4) is 0 Å². The highest BCUT2D eigenvalue weighted by atomic mass is 19.1. The van der Waals surface area contributed by atoms with Crippen molar-refractivity contribution >= 4 is 5.97 Å². The summed E-state index contributed by atoms with van der Waals surface area (Å²) in [5, 5.41) is 12.5. The zero-order chi connectivity index (χ0) is 12.3. The quantitative estimate of drug-likeness (QED) is 0.820. The van der Waals surface area contributed by atoms with Gasteiger partial charge in [-0.1, -0.05) is 12.1 Å². The van der Waals surface area contributed by atoms with Crippen molar-refractivity contribution in [3.05, 3.63) is 35.6 Å². The average molecular weight is 238 g/mol. The van der Waals surface area contributed by atoms with Gasteiger partial charge in [-0.15, -0.1) is 0 Å². The summed E-state index contributed by atoms with van der Waals surface area (Å²) in [6.07, 6.45) is 0. The van der Waals surface area contributed by atoms with Gasteiger partial charge in [0.2, 0.25) is 0 Å². The summed E-state index contributed by atoms with van der Waals surface area (Å²) in [6.45, 7) is 2.94. The zero-order valence-electron chi connectivity index (χ0n) is 9.40. The molecule has 1 aliphatic heterocycles. The lowest BCUT2D eigenvalue weighted by atomic mass is 10.0. The minimum atomic E-state index is -0.890. The SMILES string of the molecule is O=C(O)[C@@H](c1ccc(F)cc1)N1CCNCC1. The highest BCUT2D eigenvalue weighted by molar-refractivity contribution is 5.75. The standard InChI is InChI=1S/C12H15FN2O2/c13-10-3-1-9(2-4-10)11(12(16)17)15-7-5-14-6-8-15/h1-4,11,14H,5-8H2,(H,16,17)/t11-/m1/s1. The van der Waals surface area contributed by atoms with E-state index in [9.17, 15) is 14.3 Å². The van der Waals surface area contributed by atoms with E-state index in [1.54, 1.807) is 0 Å². The van der Waals surface area contributed by atoms with Crippen LogP contribution < -0.4 is 5.32 Å². The molecule has 2 N–H and O–H groups in total. The van der Waals surface area contributed by atoms with Gasteiger partial charge in [-0.3, -0.25) is 9.69 Å². The fraction of sp³-hybridized carbons (Fsp3) is 0.417. The summed E-state index contributed by atoms with van der Waals surface area (Å²) in [5.74, 6) is -1.24. The number of hydrogen-bond acceptors (Lipinski definition) is 3. The summed E-state index contributed by atoms with van der Waals surface area (Å²) >= 11 is 0. The Bertz CT molecular complexity index is 388. The smallest absolute Gasteiger partial charge is 0.325 e. The van der Waals surface area contributed by atoms with Gasteiger partial charge in [0, 0.05) is 26.2 Å². The van der Waals surface area contributed by atoms with Gasteiger partial charge in [-0.2, -0.15) is 0 Å². The molecule has 1 aliphatic rings. The van der Waals surface area contributed by atoms with Crippen LogP contribution >= 0.6 is 0 Å². The normalized spacial score (nSPS) is 18.9. The number of hydrogen-bond donors (Lipinski definition) is 2. The van der Waals surface area contributed by atoms with Crippen molar-refractivity contribution in [1.29, 1.82) is 0 Å². The number of rotatable bonds is 3. The first-order valence-corrected chi connectivity index (χ1v) is 5.61. The van der Waals surface area contributed by atoms with Crippen LogP contribution in [0.5, 0.6) is 0 Å². The van der Waals surface area contributed by atoms with Gasteiger partial charge >= 0.3 is 5.97 Å². The maximum absolute atomic E-state index is 12.8. The molecule has 0 bridgehead atoms. The molecule has 5 heteroatoms. The van der Waals surface area contributed by atoms with Crippen LogP contribution in [-0.2, 0) is 4.79 Å². The van der Waals surface area contributed by atoms with Crippen molar-refractivity contribution in [2.45, 2.75) is 6.04 Å². The summed E-state index contributed by atoms with van der Waals surface area (Å²) < 4.78 is 12.8. The van der Waals surface area contributed by atoms with Gasteiger partial charge in [0.05, 0.1) is 0 Å². The average Bonchev–Trinajstić information content (AvgIpc) is 2.33. The number of halogens is 1. The Kier molecular flexibility index (Phi) is 3.71. The van der Waals surface area contributed by atoms with Gasteiger partial charge in [0.1, 0.15) is 11.9 Å². The van der Waals surface area contributed by atoms with Crippen LogP contribution in [-0.4, -0.2) is 42.2 Å². The van der Waals surface area contributed by atoms with E-state index in [1.807, 2.05) is 4.90 Å². The van der Waals surface area contributed by atoms with Crippen molar-refractivity contribution in [2.75, 3.05) is 26.2 Å². The Morgan fingerprint density at radius 3 is 2.41 bits per heavy atom. The predicted molar refractivity (Wildman–Crippen MR) is 61.2 cm³/mol. The van der Waals surface area contributed by atoms with Crippen LogP contribution in [0.2, 0.25) is 0 Å². The van der Waals surface area contributed by atoms with Gasteiger partial charge in [0.25, 0.3) is 0 Å². The number of aliphatic carboxylic acids is 1. The van der Waals surface area contributed by atoms with Crippen molar-refractivity contribution in [1.82, 2.24) is 10.2 Å². The molecule has 2 rings (SSSR count). The van der Waals surface area contributed by atoms with Crippen LogP contribution in [0.25, 0.3) is 0 Å². The van der Waals surface area contributed by atoms with Crippen LogP contribution in [0, 0.1) is 5.82 Å². The molecular formula is C12H15FN2O2. The van der Waals surface area contributed by atoms with E-state index < -0.39 is 12.0 Å². The Morgan fingerprint density at radius 2 is 1.88 bits per heavy atom. The molecular weight excluding hydrogens is 223 g/mol. The first kappa shape index (κ1) is 12.0. The third-order valence-electron chi connectivity index (χ3n) is 2.94. The van der Waals surface area contributed by atoms with Crippen LogP contribution in [0.1, 0.15) is 11.6 Å². The molecule has 92 valence electrons. The molecule has 0 amide bonds. The third kappa shape index (κ3) is 2.81. The second-order valence-corrected chi connectivity index (χ2v) is 4.08. The fourth-order valence-electron chi connectivity index (χ4n) is 2.09. The lowest BCUT2D eigenvalue weighted by molar-refractivity contribution is -0.143. The van der Waals surface area contributed by atoms with Crippen molar-refractivity contribution in [3.63, 3.8) is 0 Å². The topological polar surface area (TPSA) is 52.6 Å². The van der Waals surface area contributed by atoms with E-state index in [1.165, 1.54) is 24.3 Å². The Hall–Kier alpha value is -1.46. The largest absolute Gasteiger partial charge is 0.480 e. The molecule has 1 aromatic carbocycles. The molecule has 1 fully saturated rings. The third-order valence-corrected chi connectivity index (χ3v) is 2.94. The Morgan fingerprint density at radius 1 is 1.29 bits per heavy atom. The molecule has 1 heterocycles. The molecule has 0 aromatic heterocycles. The van der Waals surface area contributed by atoms with Crippen molar-refractivity contribution < 1.29 is 14.3 Å². The number of benzene rings is 1. The number of carboxylic acid groups (broad SMARTS) is 1. The van der Waals surface area contributed by atoms with Crippen molar-refractivity contribution in [2.24, 2.45) is 0 Å². The first-order chi connectivity index (χ1) is 8.18. The maximum Gasteiger partial charge on any atom is 0.325 e. The van der Waals surface area contributed by atoms with Gasteiger partial charge in [-0.05, 0) is 17.7 Å². The molecule has 1 atom stereocenters. The summed E-state index contributed by atoms with van der Waals surface area (Å²) in [5.41, 5.74) is 0.626. The molecule has 0 aliphatic carbocycles. The molecule has 0 saturated carbocycles. The van der Waals surface area contributed by atoms with Gasteiger partial charge in [-0.25, -0.2) is 4.39 Å². The van der Waals surface area contributed by atoms with E-state index in [0.29, 0.717) is 18.7 Å². The molecule has 4 nitrogen and oxygen atoms in total. The lowest BCUT2D eigenvalue weighted by Gasteiger charge is -2.32. The molecule has 0 radical (unpaired) electrons. The number of carbonyl (C=O) groups is 1. The van der Waals surface area contributed by atoms with E-state index >= 15 is 0 Å². The number of nitrogens with one attached hydrogen (secondary N) is 1. The minimum absolute atomic E-state index is 0.349. The molecule has 0 spiro atoms. The van der Waals surface area contributed by atoms with E-state index in [2.05, 4.69) is 5.32 Å². The maximum atomic E-state index is 12.8. The minimum Gasteiger partial charge on any atom is -0.480 e. The highest BCUT2D eigenvalue weighted by Crippen LogP contribution is 2.21. The first-order valence-electron chi connectivity index (χ1n) is 5.61. The highest BCUT2D eigenvalue weighted by Gasteiger charge is 2.28. The Balaban J connectivity index is 2.21. The van der Waals surface area contributed by atoms with E-state index in [-0.39, 0.29) is 5.82 Å². The molecule has 1 saturated heterocycles. The van der Waals surface area contributed by atoms with Crippen LogP contribution in [0.4, 0.5) is 4.39 Å². The Labute approximate surface area is 99.0 Å². The summed E-state index contributed by atoms with van der Waals surface area (Å²) in [6, 6.07) is 4.99. The van der Waals surface area contributed by atoms with Crippen LogP contribution in [0.3, 0.4) is 0 Å².